The van der Waals surface area contributed by atoms with Gasteiger partial charge in [-0.3, -0.25) is 0 Å². The fourth-order valence-electron chi connectivity index (χ4n) is 4.13. The fourth-order valence-corrected chi connectivity index (χ4v) is 4.13. The van der Waals surface area contributed by atoms with Gasteiger partial charge in [0.25, 0.3) is 0 Å². The lowest BCUT2D eigenvalue weighted by Crippen LogP contribution is -2.36. The van der Waals surface area contributed by atoms with Gasteiger partial charge in [-0.05, 0) is 24.3 Å². The Morgan fingerprint density at radius 2 is 0.774 bits per heavy atom. The van der Waals surface area contributed by atoms with Crippen molar-refractivity contribution in [3.8, 4) is 23.0 Å². The molecule has 0 radical (unpaired) electrons. The molecule has 4 rings (SSSR count). The molecule has 0 aliphatic heterocycles. The summed E-state index contributed by atoms with van der Waals surface area (Å²) in [6, 6.07) is 25.5. The van der Waals surface area contributed by atoms with E-state index >= 15 is 0 Å². The molecule has 5 heteroatoms. The zero-order valence-electron chi connectivity index (χ0n) is 16.6. The van der Waals surface area contributed by atoms with Crippen molar-refractivity contribution in [2.45, 2.75) is 11.5 Å². The predicted octanol–water partition coefficient (Wildman–Crippen LogP) is 4.58. The van der Waals surface area contributed by atoms with E-state index in [4.69, 9.17) is 0 Å². The van der Waals surface area contributed by atoms with Crippen LogP contribution in [0.3, 0.4) is 0 Å². The highest BCUT2D eigenvalue weighted by molar-refractivity contribution is 5.58. The van der Waals surface area contributed by atoms with Crippen molar-refractivity contribution >= 4 is 0 Å². The standard InChI is InChI=1S/C26H22O5/c27-21-13-5-1-9-17(21)25(18-10-2-6-14-22(18)28)26(31,19-11-3-7-15-23(19)29)20-12-4-8-16-24(20)30/h1-16,25,27-31H. The third-order valence-corrected chi connectivity index (χ3v) is 5.54. The van der Waals surface area contributed by atoms with Crippen molar-refractivity contribution in [1.29, 1.82) is 0 Å². The maximum Gasteiger partial charge on any atom is 0.133 e. The SMILES string of the molecule is Oc1ccccc1C(c1ccccc1O)C(O)(c1ccccc1O)c1ccccc1O. The molecule has 31 heavy (non-hydrogen) atoms. The molecule has 4 aromatic rings. The number of hydrogen-bond acceptors (Lipinski definition) is 5. The molecule has 156 valence electrons. The first kappa shape index (κ1) is 20.3. The van der Waals surface area contributed by atoms with Crippen LogP contribution >= 0.6 is 0 Å². The number of aromatic hydroxyl groups is 4. The Balaban J connectivity index is 2.14. The van der Waals surface area contributed by atoms with Gasteiger partial charge in [0.05, 0.1) is 5.92 Å². The summed E-state index contributed by atoms with van der Waals surface area (Å²) in [7, 11) is 0. The highest BCUT2D eigenvalue weighted by atomic mass is 16.3. The highest BCUT2D eigenvalue weighted by Gasteiger charge is 2.47. The molecule has 0 aromatic heterocycles. The maximum absolute atomic E-state index is 12.4. The highest BCUT2D eigenvalue weighted by Crippen LogP contribution is 2.53. The molecule has 0 bridgehead atoms. The van der Waals surface area contributed by atoms with Gasteiger partial charge in [0.1, 0.15) is 28.6 Å². The zero-order valence-corrected chi connectivity index (χ0v) is 16.6. The Kier molecular flexibility index (Phi) is 5.28. The number of benzene rings is 4. The van der Waals surface area contributed by atoms with E-state index in [2.05, 4.69) is 0 Å². The molecule has 0 atom stereocenters. The molecule has 0 aliphatic rings. The van der Waals surface area contributed by atoms with E-state index in [1.807, 2.05) is 0 Å². The molecule has 0 spiro atoms. The van der Waals surface area contributed by atoms with Crippen LogP contribution in [0.1, 0.15) is 28.2 Å². The van der Waals surface area contributed by atoms with E-state index in [0.29, 0.717) is 11.1 Å². The van der Waals surface area contributed by atoms with E-state index in [1.54, 1.807) is 72.8 Å². The Labute approximate surface area is 179 Å². The average Bonchev–Trinajstić information content (AvgIpc) is 2.77. The van der Waals surface area contributed by atoms with Gasteiger partial charge in [-0.2, -0.15) is 0 Å². The molecular formula is C26H22O5. The van der Waals surface area contributed by atoms with E-state index in [9.17, 15) is 25.5 Å². The lowest BCUT2D eigenvalue weighted by atomic mass is 9.69. The quantitative estimate of drug-likeness (QED) is 0.329. The first-order valence-electron chi connectivity index (χ1n) is 9.79. The van der Waals surface area contributed by atoms with Gasteiger partial charge in [0, 0.05) is 22.3 Å². The second kappa shape index (κ2) is 8.05. The average molecular weight is 414 g/mol. The van der Waals surface area contributed by atoms with E-state index < -0.39 is 11.5 Å². The maximum atomic E-state index is 12.4. The summed E-state index contributed by atoms with van der Waals surface area (Å²) in [5, 5.41) is 55.2. The van der Waals surface area contributed by atoms with Gasteiger partial charge in [-0.15, -0.1) is 0 Å². The number of para-hydroxylation sites is 4. The van der Waals surface area contributed by atoms with E-state index in [1.165, 1.54) is 24.3 Å². The van der Waals surface area contributed by atoms with E-state index in [-0.39, 0.29) is 34.1 Å². The van der Waals surface area contributed by atoms with E-state index in [0.717, 1.165) is 0 Å². The monoisotopic (exact) mass is 414 g/mol. The second-order valence-corrected chi connectivity index (χ2v) is 7.35. The smallest absolute Gasteiger partial charge is 0.133 e. The third kappa shape index (κ3) is 3.45. The van der Waals surface area contributed by atoms with Crippen LogP contribution in [0.2, 0.25) is 0 Å². The van der Waals surface area contributed by atoms with Crippen molar-refractivity contribution in [1.82, 2.24) is 0 Å². The number of rotatable bonds is 5. The van der Waals surface area contributed by atoms with Gasteiger partial charge < -0.3 is 25.5 Å². The minimum Gasteiger partial charge on any atom is -0.508 e. The number of phenolic OH excluding ortho intramolecular Hbond substituents is 4. The molecule has 0 fully saturated rings. The van der Waals surface area contributed by atoms with Crippen molar-refractivity contribution < 1.29 is 25.5 Å². The summed E-state index contributed by atoms with van der Waals surface area (Å²) in [4.78, 5) is 0. The first-order chi connectivity index (χ1) is 14.9. The van der Waals surface area contributed by atoms with Crippen LogP contribution in [0, 0.1) is 0 Å². The van der Waals surface area contributed by atoms with Gasteiger partial charge in [0.2, 0.25) is 0 Å². The number of phenols is 4. The number of aliphatic hydroxyl groups is 1. The molecule has 0 saturated carbocycles. The van der Waals surface area contributed by atoms with Crippen LogP contribution < -0.4 is 0 Å². The predicted molar refractivity (Wildman–Crippen MR) is 117 cm³/mol. The van der Waals surface area contributed by atoms with Crippen LogP contribution in [0.15, 0.2) is 97.1 Å². The van der Waals surface area contributed by atoms with Gasteiger partial charge in [0.15, 0.2) is 0 Å². The van der Waals surface area contributed by atoms with Crippen molar-refractivity contribution in [2.75, 3.05) is 0 Å². The zero-order chi connectivity index (χ0) is 22.0. The summed E-state index contributed by atoms with van der Waals surface area (Å²) < 4.78 is 0. The number of hydrogen-bond donors (Lipinski definition) is 5. The van der Waals surface area contributed by atoms with Gasteiger partial charge >= 0.3 is 0 Å². The lowest BCUT2D eigenvalue weighted by Gasteiger charge is -2.39. The summed E-state index contributed by atoms with van der Waals surface area (Å²) >= 11 is 0. The van der Waals surface area contributed by atoms with Gasteiger partial charge in [-0.1, -0.05) is 72.8 Å². The minimum absolute atomic E-state index is 0.0972. The molecule has 0 aliphatic carbocycles. The third-order valence-electron chi connectivity index (χ3n) is 5.54. The Hall–Kier alpha value is -3.96. The normalized spacial score (nSPS) is 11.5. The molecule has 4 aromatic carbocycles. The summed E-state index contributed by atoms with van der Waals surface area (Å²) in [6.07, 6.45) is 0. The fraction of sp³-hybridized carbons (Fsp3) is 0.0769. The summed E-state index contributed by atoms with van der Waals surface area (Å²) in [5.74, 6) is -1.65. The molecule has 5 nitrogen and oxygen atoms in total. The summed E-state index contributed by atoms with van der Waals surface area (Å²) in [6.45, 7) is 0. The molecular weight excluding hydrogens is 392 g/mol. The second-order valence-electron chi connectivity index (χ2n) is 7.35. The van der Waals surface area contributed by atoms with Crippen LogP contribution in [0.25, 0.3) is 0 Å². The van der Waals surface area contributed by atoms with Crippen molar-refractivity contribution in [2.24, 2.45) is 0 Å². The molecule has 0 unspecified atom stereocenters. The minimum atomic E-state index is -2.05. The largest absolute Gasteiger partial charge is 0.508 e. The topological polar surface area (TPSA) is 101 Å². The Bertz CT molecular complexity index is 1130. The van der Waals surface area contributed by atoms with Crippen molar-refractivity contribution in [3.05, 3.63) is 119 Å². The van der Waals surface area contributed by atoms with Crippen LogP contribution in [0.4, 0.5) is 0 Å². The first-order valence-corrected chi connectivity index (χ1v) is 9.79. The molecule has 0 saturated heterocycles. The van der Waals surface area contributed by atoms with Crippen molar-refractivity contribution in [3.63, 3.8) is 0 Å². The molecule has 0 heterocycles. The molecule has 5 N–H and O–H groups in total. The Morgan fingerprint density at radius 1 is 0.452 bits per heavy atom. The lowest BCUT2D eigenvalue weighted by molar-refractivity contribution is 0.0559. The molecule has 0 amide bonds. The van der Waals surface area contributed by atoms with Crippen LogP contribution in [0.5, 0.6) is 23.0 Å². The summed E-state index contributed by atoms with van der Waals surface area (Å²) in [5.41, 5.74) is -1.18. The van der Waals surface area contributed by atoms with Gasteiger partial charge in [-0.25, -0.2) is 0 Å². The Morgan fingerprint density at radius 3 is 1.13 bits per heavy atom. The van der Waals surface area contributed by atoms with Crippen LogP contribution in [-0.4, -0.2) is 25.5 Å². The van der Waals surface area contributed by atoms with Crippen LogP contribution in [-0.2, 0) is 5.60 Å².